The summed E-state index contributed by atoms with van der Waals surface area (Å²) in [5.74, 6) is -0.00992. The number of carbonyl (C=O) groups is 1. The molecule has 0 atom stereocenters. The fourth-order valence-electron chi connectivity index (χ4n) is 2.36. The number of anilines is 1. The molecule has 0 aliphatic heterocycles. The van der Waals surface area contributed by atoms with E-state index < -0.39 is 5.41 Å². The van der Waals surface area contributed by atoms with Crippen molar-refractivity contribution in [2.75, 3.05) is 11.9 Å². The summed E-state index contributed by atoms with van der Waals surface area (Å²) in [4.78, 5) is 19.5. The van der Waals surface area contributed by atoms with Crippen molar-refractivity contribution in [2.45, 2.75) is 26.7 Å². The fourth-order valence-corrected chi connectivity index (χ4v) is 2.36. The SMILES string of the molecule is CCC(CC)(CN)C(=O)Nc1ccc(-c2cnc[nH]2)cc1. The van der Waals surface area contributed by atoms with E-state index in [9.17, 15) is 4.79 Å². The molecule has 1 aromatic carbocycles. The summed E-state index contributed by atoms with van der Waals surface area (Å²) >= 11 is 0. The van der Waals surface area contributed by atoms with Crippen molar-refractivity contribution in [2.24, 2.45) is 11.1 Å². The predicted octanol–water partition coefficient (Wildman–Crippen LogP) is 2.78. The second-order valence-electron chi connectivity index (χ2n) is 5.19. The lowest BCUT2D eigenvalue weighted by atomic mass is 9.81. The standard InChI is InChI=1S/C16H22N4O/c1-3-16(4-2,10-17)15(21)20-13-7-5-12(6-8-13)14-9-18-11-19-14/h5-9,11H,3-4,10,17H2,1-2H3,(H,18,19)(H,20,21). The Labute approximate surface area is 125 Å². The van der Waals surface area contributed by atoms with Gasteiger partial charge in [0.25, 0.3) is 0 Å². The Kier molecular flexibility index (Phi) is 4.75. The van der Waals surface area contributed by atoms with Crippen molar-refractivity contribution in [3.8, 4) is 11.3 Å². The van der Waals surface area contributed by atoms with Crippen LogP contribution < -0.4 is 11.1 Å². The highest BCUT2D eigenvalue weighted by atomic mass is 16.2. The van der Waals surface area contributed by atoms with Crippen molar-refractivity contribution >= 4 is 11.6 Å². The Bertz CT molecular complexity index is 563. The van der Waals surface area contributed by atoms with E-state index in [-0.39, 0.29) is 5.91 Å². The molecule has 0 radical (unpaired) electrons. The summed E-state index contributed by atoms with van der Waals surface area (Å²) in [5.41, 5.74) is 8.08. The van der Waals surface area contributed by atoms with E-state index in [0.29, 0.717) is 6.54 Å². The minimum Gasteiger partial charge on any atom is -0.345 e. The smallest absolute Gasteiger partial charge is 0.231 e. The number of imidazole rings is 1. The van der Waals surface area contributed by atoms with Crippen LogP contribution in [-0.4, -0.2) is 22.4 Å². The molecule has 5 nitrogen and oxygen atoms in total. The Morgan fingerprint density at radius 1 is 1.29 bits per heavy atom. The van der Waals surface area contributed by atoms with Gasteiger partial charge >= 0.3 is 0 Å². The Morgan fingerprint density at radius 2 is 1.95 bits per heavy atom. The van der Waals surface area contributed by atoms with Crippen molar-refractivity contribution in [1.82, 2.24) is 9.97 Å². The number of H-pyrrole nitrogens is 1. The normalized spacial score (nSPS) is 11.4. The number of nitrogens with zero attached hydrogens (tertiary/aromatic N) is 1. The lowest BCUT2D eigenvalue weighted by Gasteiger charge is -2.28. The number of benzene rings is 1. The minimum atomic E-state index is -0.484. The van der Waals surface area contributed by atoms with Crippen molar-refractivity contribution in [1.29, 1.82) is 0 Å². The molecule has 1 heterocycles. The Hall–Kier alpha value is -2.14. The van der Waals surface area contributed by atoms with Crippen LogP contribution in [0.3, 0.4) is 0 Å². The molecule has 0 saturated heterocycles. The molecule has 4 N–H and O–H groups in total. The lowest BCUT2D eigenvalue weighted by molar-refractivity contribution is -0.125. The molecule has 0 unspecified atom stereocenters. The van der Waals surface area contributed by atoms with Crippen LogP contribution in [0, 0.1) is 5.41 Å². The summed E-state index contributed by atoms with van der Waals surface area (Å²) in [6.07, 6.45) is 4.88. The second-order valence-corrected chi connectivity index (χ2v) is 5.19. The van der Waals surface area contributed by atoms with Gasteiger partial charge in [-0.05, 0) is 30.5 Å². The van der Waals surface area contributed by atoms with Gasteiger partial charge in [-0.25, -0.2) is 4.98 Å². The van der Waals surface area contributed by atoms with Crippen molar-refractivity contribution in [3.05, 3.63) is 36.8 Å². The van der Waals surface area contributed by atoms with Gasteiger partial charge in [-0.2, -0.15) is 0 Å². The average molecular weight is 286 g/mol. The van der Waals surface area contributed by atoms with Gasteiger partial charge in [-0.15, -0.1) is 0 Å². The summed E-state index contributed by atoms with van der Waals surface area (Å²) in [6, 6.07) is 7.68. The maximum Gasteiger partial charge on any atom is 0.231 e. The molecular formula is C16H22N4O. The zero-order valence-electron chi connectivity index (χ0n) is 12.5. The van der Waals surface area contributed by atoms with Crippen LogP contribution in [0.4, 0.5) is 5.69 Å². The first kappa shape index (κ1) is 15.3. The Balaban J connectivity index is 2.11. The van der Waals surface area contributed by atoms with Gasteiger partial charge in [0.1, 0.15) is 0 Å². The van der Waals surface area contributed by atoms with Crippen molar-refractivity contribution in [3.63, 3.8) is 0 Å². The third kappa shape index (κ3) is 3.13. The molecule has 0 aliphatic carbocycles. The van der Waals surface area contributed by atoms with Crippen LogP contribution >= 0.6 is 0 Å². The average Bonchev–Trinajstić information content (AvgIpc) is 3.05. The molecule has 2 rings (SSSR count). The summed E-state index contributed by atoms with van der Waals surface area (Å²) in [6.45, 7) is 4.35. The number of hydrogen-bond acceptors (Lipinski definition) is 3. The number of aromatic amines is 1. The van der Waals surface area contributed by atoms with Gasteiger partial charge in [0.05, 0.1) is 23.6 Å². The van der Waals surface area contributed by atoms with E-state index >= 15 is 0 Å². The quantitative estimate of drug-likeness (QED) is 0.763. The zero-order valence-corrected chi connectivity index (χ0v) is 12.5. The molecule has 0 fully saturated rings. The zero-order chi connectivity index (χ0) is 15.3. The maximum atomic E-state index is 12.4. The molecular weight excluding hydrogens is 264 g/mol. The highest BCUT2D eigenvalue weighted by Gasteiger charge is 2.33. The molecule has 0 aliphatic rings. The van der Waals surface area contributed by atoms with E-state index in [4.69, 9.17) is 5.73 Å². The maximum absolute atomic E-state index is 12.4. The number of amides is 1. The minimum absolute atomic E-state index is 0.00992. The summed E-state index contributed by atoms with van der Waals surface area (Å²) in [5, 5.41) is 2.96. The molecule has 5 heteroatoms. The lowest BCUT2D eigenvalue weighted by Crippen LogP contribution is -2.41. The molecule has 1 amide bonds. The van der Waals surface area contributed by atoms with E-state index in [0.717, 1.165) is 29.8 Å². The topological polar surface area (TPSA) is 83.8 Å². The van der Waals surface area contributed by atoms with Gasteiger partial charge < -0.3 is 16.0 Å². The third-order valence-electron chi connectivity index (χ3n) is 4.18. The highest BCUT2D eigenvalue weighted by Crippen LogP contribution is 2.27. The summed E-state index contributed by atoms with van der Waals surface area (Å²) in [7, 11) is 0. The second kappa shape index (κ2) is 6.54. The number of hydrogen-bond donors (Lipinski definition) is 3. The predicted molar refractivity (Wildman–Crippen MR) is 84.7 cm³/mol. The number of rotatable bonds is 6. The Morgan fingerprint density at radius 3 is 2.43 bits per heavy atom. The van der Waals surface area contributed by atoms with Crippen LogP contribution in [0.25, 0.3) is 11.3 Å². The van der Waals surface area contributed by atoms with Gasteiger partial charge in [-0.1, -0.05) is 26.0 Å². The number of nitrogens with one attached hydrogen (secondary N) is 2. The number of carbonyl (C=O) groups excluding carboxylic acids is 1. The molecule has 1 aromatic heterocycles. The molecule has 21 heavy (non-hydrogen) atoms. The van der Waals surface area contributed by atoms with E-state index in [1.54, 1.807) is 12.5 Å². The van der Waals surface area contributed by atoms with Crippen LogP contribution in [0.15, 0.2) is 36.8 Å². The van der Waals surface area contributed by atoms with Gasteiger partial charge in [-0.3, -0.25) is 4.79 Å². The molecule has 2 aromatic rings. The van der Waals surface area contributed by atoms with Crippen LogP contribution in [0.2, 0.25) is 0 Å². The molecule has 112 valence electrons. The molecule has 0 spiro atoms. The van der Waals surface area contributed by atoms with Gasteiger partial charge in [0.2, 0.25) is 5.91 Å². The first-order valence-corrected chi connectivity index (χ1v) is 7.25. The van der Waals surface area contributed by atoms with Crippen LogP contribution in [0.1, 0.15) is 26.7 Å². The van der Waals surface area contributed by atoms with Gasteiger partial charge in [0.15, 0.2) is 0 Å². The fraction of sp³-hybridized carbons (Fsp3) is 0.375. The first-order valence-electron chi connectivity index (χ1n) is 7.25. The van der Waals surface area contributed by atoms with Crippen LogP contribution in [-0.2, 0) is 4.79 Å². The molecule has 0 saturated carbocycles. The van der Waals surface area contributed by atoms with Crippen molar-refractivity contribution < 1.29 is 4.79 Å². The summed E-state index contributed by atoms with van der Waals surface area (Å²) < 4.78 is 0. The third-order valence-corrected chi connectivity index (χ3v) is 4.18. The highest BCUT2D eigenvalue weighted by molar-refractivity contribution is 5.95. The van der Waals surface area contributed by atoms with Gasteiger partial charge in [0, 0.05) is 12.2 Å². The van der Waals surface area contributed by atoms with E-state index in [2.05, 4.69) is 15.3 Å². The number of aromatic nitrogens is 2. The molecule has 0 bridgehead atoms. The first-order chi connectivity index (χ1) is 10.1. The monoisotopic (exact) mass is 286 g/mol. The number of nitrogens with two attached hydrogens (primary N) is 1. The van der Waals surface area contributed by atoms with Crippen LogP contribution in [0.5, 0.6) is 0 Å². The van der Waals surface area contributed by atoms with E-state index in [1.807, 2.05) is 38.1 Å². The largest absolute Gasteiger partial charge is 0.345 e. The van der Waals surface area contributed by atoms with E-state index in [1.165, 1.54) is 0 Å².